The fourth-order valence-electron chi connectivity index (χ4n) is 3.84. The third-order valence-corrected chi connectivity index (χ3v) is 6.68. The number of thioether (sulfide) groups is 1. The summed E-state index contributed by atoms with van der Waals surface area (Å²) in [7, 11) is 3.35. The molecule has 0 radical (unpaired) electrons. The number of nitrogens with zero attached hydrogens (tertiary/aromatic N) is 7. The summed E-state index contributed by atoms with van der Waals surface area (Å²) in [5, 5.41) is 9.28. The van der Waals surface area contributed by atoms with Gasteiger partial charge in [0.15, 0.2) is 22.1 Å². The lowest BCUT2D eigenvalue weighted by Gasteiger charge is -2.10. The molecule has 1 fully saturated rings. The maximum atomic E-state index is 14.3. The van der Waals surface area contributed by atoms with Crippen molar-refractivity contribution >= 4 is 22.9 Å². The average molecular weight is 456 g/mol. The molecule has 1 aliphatic carbocycles. The van der Waals surface area contributed by atoms with Crippen LogP contribution in [0.3, 0.4) is 0 Å². The number of benzene rings is 1. The fraction of sp³-hybridized carbons (Fsp3) is 0.381. The first-order valence-electron chi connectivity index (χ1n) is 10.4. The standard InChI is InChI=1S/C21H22FN7O2S/c1-26-12-23-18-16(26)19(30)28(21(31)27(18)2)10-5-11-32-20-25-24-17(29(20)13-8-9-13)14-6-3-4-7-15(14)22/h3-4,6-7,12-13H,5,8-11H2,1-2H3. The highest BCUT2D eigenvalue weighted by Crippen LogP contribution is 2.41. The number of aryl methyl sites for hydroxylation is 2. The molecule has 9 nitrogen and oxygen atoms in total. The van der Waals surface area contributed by atoms with E-state index in [1.807, 2.05) is 4.57 Å². The number of hydrogen-bond acceptors (Lipinski definition) is 6. The van der Waals surface area contributed by atoms with Gasteiger partial charge >= 0.3 is 5.69 Å². The van der Waals surface area contributed by atoms with Crippen LogP contribution < -0.4 is 11.2 Å². The van der Waals surface area contributed by atoms with Gasteiger partial charge in [0.2, 0.25) is 0 Å². The Morgan fingerprint density at radius 3 is 2.69 bits per heavy atom. The molecule has 0 bridgehead atoms. The summed E-state index contributed by atoms with van der Waals surface area (Å²) in [5.74, 6) is 0.861. The molecule has 0 spiro atoms. The van der Waals surface area contributed by atoms with Gasteiger partial charge in [-0.2, -0.15) is 0 Å². The number of aromatic nitrogens is 7. The van der Waals surface area contributed by atoms with Crippen molar-refractivity contribution in [3.05, 3.63) is 57.2 Å². The van der Waals surface area contributed by atoms with Crippen LogP contribution in [0.25, 0.3) is 22.6 Å². The van der Waals surface area contributed by atoms with Crippen LogP contribution in [0.1, 0.15) is 25.3 Å². The Morgan fingerprint density at radius 1 is 1.16 bits per heavy atom. The minimum atomic E-state index is -0.380. The van der Waals surface area contributed by atoms with Crippen molar-refractivity contribution in [2.75, 3.05) is 5.75 Å². The summed E-state index contributed by atoms with van der Waals surface area (Å²) in [6, 6.07) is 6.86. The molecule has 0 aliphatic heterocycles. The van der Waals surface area contributed by atoms with Crippen LogP contribution in [0.5, 0.6) is 0 Å². The highest BCUT2D eigenvalue weighted by atomic mass is 32.2. The summed E-state index contributed by atoms with van der Waals surface area (Å²) in [5.41, 5.74) is 0.512. The topological polar surface area (TPSA) is 92.5 Å². The molecular formula is C21H22FN7O2S. The van der Waals surface area contributed by atoms with Crippen molar-refractivity contribution < 1.29 is 4.39 Å². The van der Waals surface area contributed by atoms with Gasteiger partial charge in [-0.15, -0.1) is 10.2 Å². The van der Waals surface area contributed by atoms with Crippen LogP contribution in [-0.4, -0.2) is 39.2 Å². The van der Waals surface area contributed by atoms with Crippen molar-refractivity contribution in [1.29, 1.82) is 0 Å². The Morgan fingerprint density at radius 2 is 1.94 bits per heavy atom. The van der Waals surface area contributed by atoms with E-state index in [0.717, 1.165) is 18.0 Å². The third kappa shape index (κ3) is 3.46. The maximum absolute atomic E-state index is 14.3. The molecule has 0 N–H and O–H groups in total. The smallest absolute Gasteiger partial charge is 0.328 e. The van der Waals surface area contributed by atoms with Gasteiger partial charge in [0, 0.05) is 32.4 Å². The summed E-state index contributed by atoms with van der Waals surface area (Å²) >= 11 is 1.51. The second kappa shape index (κ2) is 8.05. The van der Waals surface area contributed by atoms with Crippen LogP contribution in [-0.2, 0) is 20.6 Å². The Balaban J connectivity index is 1.34. The Kier molecular flexibility index (Phi) is 5.20. The van der Waals surface area contributed by atoms with E-state index in [-0.39, 0.29) is 29.7 Å². The molecule has 5 rings (SSSR count). The molecule has 0 amide bonds. The lowest BCUT2D eigenvalue weighted by molar-refractivity contribution is 0.593. The zero-order valence-electron chi connectivity index (χ0n) is 17.7. The van der Waals surface area contributed by atoms with E-state index in [4.69, 9.17) is 0 Å². The van der Waals surface area contributed by atoms with E-state index in [2.05, 4.69) is 15.2 Å². The number of halogens is 1. The second-order valence-corrected chi connectivity index (χ2v) is 8.98. The molecule has 0 unspecified atom stereocenters. The SMILES string of the molecule is Cn1cnc2c1c(=O)n(CCCSc1nnc(-c3ccccc3F)n1C1CC1)c(=O)n2C. The quantitative estimate of drug-likeness (QED) is 0.314. The predicted octanol–water partition coefficient (Wildman–Crippen LogP) is 2.35. The van der Waals surface area contributed by atoms with E-state index in [9.17, 15) is 14.0 Å². The molecular weight excluding hydrogens is 433 g/mol. The van der Waals surface area contributed by atoms with Crippen molar-refractivity contribution in [3.8, 4) is 11.4 Å². The van der Waals surface area contributed by atoms with Gasteiger partial charge in [-0.25, -0.2) is 14.2 Å². The molecule has 32 heavy (non-hydrogen) atoms. The number of fused-ring (bicyclic) bond motifs is 1. The lowest BCUT2D eigenvalue weighted by atomic mass is 10.2. The van der Waals surface area contributed by atoms with Gasteiger partial charge in [-0.1, -0.05) is 23.9 Å². The first-order valence-corrected chi connectivity index (χ1v) is 11.4. The highest BCUT2D eigenvalue weighted by Gasteiger charge is 2.30. The highest BCUT2D eigenvalue weighted by molar-refractivity contribution is 7.99. The van der Waals surface area contributed by atoms with Gasteiger partial charge < -0.3 is 4.57 Å². The lowest BCUT2D eigenvalue weighted by Crippen LogP contribution is -2.39. The zero-order valence-corrected chi connectivity index (χ0v) is 18.5. The average Bonchev–Trinajstić information content (AvgIpc) is 3.42. The Labute approximate surface area is 186 Å². The molecule has 4 aromatic rings. The summed E-state index contributed by atoms with van der Waals surface area (Å²) in [6.07, 6.45) is 4.16. The predicted molar refractivity (Wildman–Crippen MR) is 119 cm³/mol. The molecule has 1 saturated carbocycles. The van der Waals surface area contributed by atoms with Gasteiger partial charge in [-0.3, -0.25) is 18.5 Å². The van der Waals surface area contributed by atoms with Crippen LogP contribution in [0, 0.1) is 5.82 Å². The largest absolute Gasteiger partial charge is 0.332 e. The van der Waals surface area contributed by atoms with Crippen LogP contribution >= 0.6 is 11.8 Å². The minimum absolute atomic E-state index is 0.282. The van der Waals surface area contributed by atoms with Gasteiger partial charge in [0.1, 0.15) is 5.82 Å². The number of imidazole rings is 1. The molecule has 0 atom stereocenters. The van der Waals surface area contributed by atoms with E-state index in [0.29, 0.717) is 34.7 Å². The van der Waals surface area contributed by atoms with Crippen molar-refractivity contribution in [1.82, 2.24) is 33.4 Å². The van der Waals surface area contributed by atoms with E-state index in [1.165, 1.54) is 33.3 Å². The minimum Gasteiger partial charge on any atom is -0.328 e. The van der Waals surface area contributed by atoms with Gasteiger partial charge in [-0.05, 0) is 31.4 Å². The number of rotatable bonds is 7. The van der Waals surface area contributed by atoms with Crippen LogP contribution in [0.2, 0.25) is 0 Å². The Bertz CT molecular complexity index is 1430. The van der Waals surface area contributed by atoms with E-state index >= 15 is 0 Å². The second-order valence-electron chi connectivity index (χ2n) is 7.92. The summed E-state index contributed by atoms with van der Waals surface area (Å²) < 4.78 is 20.6. The molecule has 11 heteroatoms. The molecule has 1 aromatic carbocycles. The maximum Gasteiger partial charge on any atom is 0.332 e. The first-order chi connectivity index (χ1) is 15.5. The Hall–Kier alpha value is -3.21. The number of hydrogen-bond donors (Lipinski definition) is 0. The van der Waals surface area contributed by atoms with Crippen molar-refractivity contribution in [2.45, 2.75) is 37.0 Å². The van der Waals surface area contributed by atoms with E-state index in [1.54, 1.807) is 36.9 Å². The first kappa shape index (κ1) is 20.7. The third-order valence-electron chi connectivity index (χ3n) is 5.65. The monoisotopic (exact) mass is 455 g/mol. The summed E-state index contributed by atoms with van der Waals surface area (Å²) in [4.78, 5) is 29.6. The zero-order chi connectivity index (χ0) is 22.4. The molecule has 0 saturated heterocycles. The van der Waals surface area contributed by atoms with Gasteiger partial charge in [0.25, 0.3) is 5.56 Å². The molecule has 166 valence electrons. The molecule has 3 aromatic heterocycles. The fourth-order valence-corrected chi connectivity index (χ4v) is 4.77. The molecule has 3 heterocycles. The summed E-state index contributed by atoms with van der Waals surface area (Å²) in [6.45, 7) is 0.289. The normalized spacial score (nSPS) is 13.8. The van der Waals surface area contributed by atoms with Crippen molar-refractivity contribution in [3.63, 3.8) is 0 Å². The van der Waals surface area contributed by atoms with Crippen LogP contribution in [0.15, 0.2) is 45.3 Å². The molecule has 1 aliphatic rings. The van der Waals surface area contributed by atoms with Gasteiger partial charge in [0.05, 0.1) is 11.9 Å². The van der Waals surface area contributed by atoms with E-state index < -0.39 is 0 Å². The van der Waals surface area contributed by atoms with Crippen molar-refractivity contribution in [2.24, 2.45) is 14.1 Å². The van der Waals surface area contributed by atoms with Crippen LogP contribution in [0.4, 0.5) is 4.39 Å².